The molecular formula is C30H33N5O5. The van der Waals surface area contributed by atoms with E-state index >= 15 is 0 Å². The van der Waals surface area contributed by atoms with E-state index in [-0.39, 0.29) is 28.5 Å². The highest BCUT2D eigenvalue weighted by Gasteiger charge is 2.20. The average molecular weight is 544 g/mol. The van der Waals surface area contributed by atoms with E-state index in [1.807, 2.05) is 41.5 Å². The Hall–Kier alpha value is -5.26. The minimum atomic E-state index is -0.958. The number of nitrogens with zero attached hydrogens (tertiary/aromatic N) is 5. The highest BCUT2D eigenvalue weighted by Crippen LogP contribution is 2.17. The number of nitriles is 1. The van der Waals surface area contributed by atoms with Crippen LogP contribution in [0, 0.1) is 18.4 Å². The number of hydrogen-bond donors (Lipinski definition) is 0. The first kappa shape index (κ1) is 32.8. The maximum atomic E-state index is 13.5. The zero-order valence-corrected chi connectivity index (χ0v) is 23.7. The van der Waals surface area contributed by atoms with Gasteiger partial charge in [0.2, 0.25) is 6.08 Å². The van der Waals surface area contributed by atoms with Crippen molar-refractivity contribution in [1.82, 2.24) is 13.7 Å². The number of benzene rings is 3. The van der Waals surface area contributed by atoms with Gasteiger partial charge in [0.15, 0.2) is 0 Å². The molecule has 3 aromatic carbocycles. The molecule has 0 N–H and O–H groups in total. The maximum Gasteiger partial charge on any atom is 0.345 e. The Balaban J connectivity index is 0.00000125. The van der Waals surface area contributed by atoms with Crippen molar-refractivity contribution in [1.29, 1.82) is 5.26 Å². The topological polar surface area (TPSA) is 128 Å². The Labute approximate surface area is 232 Å². The zero-order chi connectivity index (χ0) is 30.2. The van der Waals surface area contributed by atoms with Crippen molar-refractivity contribution in [2.75, 3.05) is 0 Å². The molecule has 0 aliphatic heterocycles. The lowest BCUT2D eigenvalue weighted by atomic mass is 10.2. The Bertz CT molecular complexity index is 1690. The highest BCUT2D eigenvalue weighted by molar-refractivity contribution is 5.53. The SMILES string of the molecule is CC.CC.CC.Cc1cccc(-n2c(=O)n(-c3cccc(N=C=O)c3)c(=O)n(-c3cccc(OC#N)c3)c2=O)c1. The smallest absolute Gasteiger partial charge is 0.345 e. The van der Waals surface area contributed by atoms with Crippen molar-refractivity contribution in [2.24, 2.45) is 4.99 Å². The van der Waals surface area contributed by atoms with Crippen LogP contribution < -0.4 is 21.8 Å². The summed E-state index contributed by atoms with van der Waals surface area (Å²) in [6.45, 7) is 13.8. The first-order chi connectivity index (χ1) is 19.4. The molecule has 1 heterocycles. The summed E-state index contributed by atoms with van der Waals surface area (Å²) in [5, 5.41) is 8.82. The molecule has 0 saturated heterocycles. The molecule has 0 bridgehead atoms. The van der Waals surface area contributed by atoms with E-state index in [0.29, 0.717) is 0 Å². The summed E-state index contributed by atoms with van der Waals surface area (Å²) in [4.78, 5) is 54.7. The fraction of sp³-hybridized carbons (Fsp3) is 0.233. The predicted octanol–water partition coefficient (Wildman–Crippen LogP) is 5.35. The van der Waals surface area contributed by atoms with Gasteiger partial charge in [-0.1, -0.05) is 65.8 Å². The first-order valence-corrected chi connectivity index (χ1v) is 12.9. The van der Waals surface area contributed by atoms with Gasteiger partial charge in [-0.15, -0.1) is 5.26 Å². The molecule has 0 unspecified atom stereocenters. The van der Waals surface area contributed by atoms with E-state index < -0.39 is 17.1 Å². The van der Waals surface area contributed by atoms with Crippen LogP contribution in [-0.4, -0.2) is 19.8 Å². The second kappa shape index (κ2) is 16.6. The number of ether oxygens (including phenoxy) is 1. The Kier molecular flexibility index (Phi) is 13.6. The fourth-order valence-corrected chi connectivity index (χ4v) is 3.47. The Morgan fingerprint density at radius 2 is 1.12 bits per heavy atom. The van der Waals surface area contributed by atoms with Gasteiger partial charge < -0.3 is 4.74 Å². The molecule has 1 aromatic heterocycles. The van der Waals surface area contributed by atoms with E-state index in [1.54, 1.807) is 31.2 Å². The molecule has 10 heteroatoms. The van der Waals surface area contributed by atoms with Crippen LogP contribution in [0.25, 0.3) is 17.1 Å². The Morgan fingerprint density at radius 3 is 1.60 bits per heavy atom. The van der Waals surface area contributed by atoms with Gasteiger partial charge in [0.1, 0.15) is 5.75 Å². The van der Waals surface area contributed by atoms with E-state index in [1.165, 1.54) is 60.9 Å². The molecule has 0 spiro atoms. The highest BCUT2D eigenvalue weighted by atomic mass is 16.5. The van der Waals surface area contributed by atoms with Gasteiger partial charge in [0, 0.05) is 6.07 Å². The molecule has 0 atom stereocenters. The lowest BCUT2D eigenvalue weighted by molar-refractivity contribution is 0.506. The molecule has 0 amide bonds. The summed E-state index contributed by atoms with van der Waals surface area (Å²) in [7, 11) is 0. The van der Waals surface area contributed by atoms with E-state index in [4.69, 9.17) is 10.00 Å². The quantitative estimate of drug-likeness (QED) is 0.189. The van der Waals surface area contributed by atoms with Crippen molar-refractivity contribution < 1.29 is 9.53 Å². The number of isocyanates is 1. The summed E-state index contributed by atoms with van der Waals surface area (Å²) in [6, 6.07) is 18.3. The zero-order valence-electron chi connectivity index (χ0n) is 23.7. The third-order valence-electron chi connectivity index (χ3n) is 4.91. The molecule has 208 valence electrons. The standard InChI is InChI=1S/C24H15N5O5.3C2H6/c1-16-5-2-7-18(11-16)27-22(31)28(19-8-3-6-17(12-19)26-15-30)24(33)29(23(27)32)20-9-4-10-21(13-20)34-14-25;3*1-2/h2-13H,1H3;3*1-2H3. The summed E-state index contributed by atoms with van der Waals surface area (Å²) >= 11 is 0. The van der Waals surface area contributed by atoms with Gasteiger partial charge in [0.25, 0.3) is 6.26 Å². The van der Waals surface area contributed by atoms with Gasteiger partial charge in [-0.25, -0.2) is 32.9 Å². The lowest BCUT2D eigenvalue weighted by Crippen LogP contribution is -2.52. The summed E-state index contributed by atoms with van der Waals surface area (Å²) < 4.78 is 7.28. The van der Waals surface area contributed by atoms with E-state index in [2.05, 4.69) is 4.99 Å². The summed E-state index contributed by atoms with van der Waals surface area (Å²) in [5.41, 5.74) is -1.39. The number of rotatable bonds is 5. The van der Waals surface area contributed by atoms with Gasteiger partial charge in [0.05, 0.1) is 22.7 Å². The molecule has 0 saturated carbocycles. The second-order valence-corrected chi connectivity index (χ2v) is 7.11. The molecule has 4 aromatic rings. The summed E-state index contributed by atoms with van der Waals surface area (Å²) in [6.07, 6.45) is 2.94. The monoisotopic (exact) mass is 543 g/mol. The van der Waals surface area contributed by atoms with Crippen LogP contribution in [0.2, 0.25) is 0 Å². The maximum absolute atomic E-state index is 13.5. The number of hydrogen-bond acceptors (Lipinski definition) is 7. The number of carbonyl (C=O) groups excluding carboxylic acids is 1. The van der Waals surface area contributed by atoms with Crippen LogP contribution in [0.3, 0.4) is 0 Å². The van der Waals surface area contributed by atoms with Gasteiger partial charge in [-0.3, -0.25) is 0 Å². The van der Waals surface area contributed by atoms with Crippen molar-refractivity contribution in [2.45, 2.75) is 48.5 Å². The van der Waals surface area contributed by atoms with Gasteiger partial charge in [-0.05, 0) is 55.0 Å². The van der Waals surface area contributed by atoms with E-state index in [0.717, 1.165) is 19.3 Å². The van der Waals surface area contributed by atoms with Crippen LogP contribution >= 0.6 is 0 Å². The van der Waals surface area contributed by atoms with Gasteiger partial charge >= 0.3 is 17.1 Å². The van der Waals surface area contributed by atoms with Crippen LogP contribution in [-0.2, 0) is 4.79 Å². The van der Waals surface area contributed by atoms with Crippen molar-refractivity contribution in [3.05, 3.63) is 110 Å². The predicted molar refractivity (Wildman–Crippen MR) is 156 cm³/mol. The molecule has 0 aliphatic carbocycles. The molecule has 0 radical (unpaired) electrons. The minimum Gasteiger partial charge on any atom is -0.388 e. The summed E-state index contributed by atoms with van der Waals surface area (Å²) in [5.74, 6) is 0.105. The molecular weight excluding hydrogens is 510 g/mol. The average Bonchev–Trinajstić information content (AvgIpc) is 2.97. The molecule has 0 aliphatic rings. The van der Waals surface area contributed by atoms with Crippen LogP contribution in [0.1, 0.15) is 47.1 Å². The molecule has 10 nitrogen and oxygen atoms in total. The molecule has 40 heavy (non-hydrogen) atoms. The number of aliphatic imine (C=N–C) groups is 1. The van der Waals surface area contributed by atoms with Crippen LogP contribution in [0.15, 0.2) is 92.2 Å². The van der Waals surface area contributed by atoms with Gasteiger partial charge in [-0.2, -0.15) is 4.99 Å². The van der Waals surface area contributed by atoms with Crippen LogP contribution in [0.5, 0.6) is 5.75 Å². The van der Waals surface area contributed by atoms with Crippen molar-refractivity contribution in [3.8, 4) is 29.1 Å². The van der Waals surface area contributed by atoms with Crippen LogP contribution in [0.4, 0.5) is 5.69 Å². The third-order valence-corrected chi connectivity index (χ3v) is 4.91. The number of aromatic nitrogens is 3. The Morgan fingerprint density at radius 1 is 0.675 bits per heavy atom. The fourth-order valence-electron chi connectivity index (χ4n) is 3.47. The molecule has 0 fully saturated rings. The third kappa shape index (κ3) is 7.40. The minimum absolute atomic E-state index is 0.0833. The second-order valence-electron chi connectivity index (χ2n) is 7.11. The van der Waals surface area contributed by atoms with Crippen molar-refractivity contribution in [3.63, 3.8) is 0 Å². The van der Waals surface area contributed by atoms with E-state index in [9.17, 15) is 19.2 Å². The largest absolute Gasteiger partial charge is 0.388 e. The van der Waals surface area contributed by atoms with Crippen molar-refractivity contribution >= 4 is 11.8 Å². The lowest BCUT2D eigenvalue weighted by Gasteiger charge is -2.15. The molecule has 4 rings (SSSR count). The first-order valence-electron chi connectivity index (χ1n) is 12.9. The normalized spacial score (nSPS) is 9.15. The number of aryl methyl sites for hydroxylation is 1.